The minimum Gasteiger partial charge on any atom is -0.483 e. The van der Waals surface area contributed by atoms with Crippen molar-refractivity contribution in [3.63, 3.8) is 0 Å². The summed E-state index contributed by atoms with van der Waals surface area (Å²) >= 11 is 6.17. The van der Waals surface area contributed by atoms with Gasteiger partial charge in [0.15, 0.2) is 0 Å². The van der Waals surface area contributed by atoms with Crippen molar-refractivity contribution in [2.75, 3.05) is 5.88 Å². The summed E-state index contributed by atoms with van der Waals surface area (Å²) in [6.07, 6.45) is 0. The molecular weight excluding hydrogens is 388 g/mol. The van der Waals surface area contributed by atoms with Gasteiger partial charge >= 0.3 is 8.80 Å². The molecule has 0 N–H and O–H groups in total. The lowest BCUT2D eigenvalue weighted by Gasteiger charge is -2.30. The average Bonchev–Trinajstić information content (AvgIpc) is 2.62. The van der Waals surface area contributed by atoms with E-state index in [0.29, 0.717) is 11.9 Å². The molecule has 0 saturated heterocycles. The highest BCUT2D eigenvalue weighted by Crippen LogP contribution is 2.28. The lowest BCUT2D eigenvalue weighted by Crippen LogP contribution is -2.55. The minimum absolute atomic E-state index is 0.371. The standard InChI is InChI=1S/C23H25ClO3Si/c1-18-7-4-10-21(15-18)25-28(14-13-24,26-22-11-5-8-19(2)16-22)27-23-12-6-9-20(3)17-23/h4-12,15-17H,13-14H2,1-3H3. The van der Waals surface area contributed by atoms with Crippen LogP contribution < -0.4 is 13.3 Å². The van der Waals surface area contributed by atoms with Gasteiger partial charge in [-0.05, 0) is 73.9 Å². The Morgan fingerprint density at radius 3 is 1.29 bits per heavy atom. The van der Waals surface area contributed by atoms with Crippen LogP contribution in [0.4, 0.5) is 0 Å². The fourth-order valence-corrected chi connectivity index (χ4v) is 5.72. The van der Waals surface area contributed by atoms with E-state index in [4.69, 9.17) is 24.9 Å². The molecule has 0 fully saturated rings. The molecule has 5 heteroatoms. The summed E-state index contributed by atoms with van der Waals surface area (Å²) in [7, 11) is -3.22. The fourth-order valence-electron chi connectivity index (χ4n) is 2.91. The third kappa shape index (κ3) is 5.53. The first kappa shape index (κ1) is 20.3. The molecule has 0 amide bonds. The molecule has 0 bridgehead atoms. The van der Waals surface area contributed by atoms with Crippen molar-refractivity contribution in [2.45, 2.75) is 26.8 Å². The number of rotatable bonds is 8. The van der Waals surface area contributed by atoms with E-state index < -0.39 is 8.80 Å². The Morgan fingerprint density at radius 2 is 1.00 bits per heavy atom. The zero-order valence-electron chi connectivity index (χ0n) is 16.4. The average molecular weight is 413 g/mol. The molecule has 3 rings (SSSR count). The molecule has 3 aromatic rings. The maximum Gasteiger partial charge on any atom is 0.700 e. The van der Waals surface area contributed by atoms with Crippen LogP contribution >= 0.6 is 11.6 Å². The van der Waals surface area contributed by atoms with Crippen LogP contribution in [0.1, 0.15) is 16.7 Å². The molecule has 28 heavy (non-hydrogen) atoms. The number of alkyl halides is 1. The first-order chi connectivity index (χ1) is 13.5. The Balaban J connectivity index is 2.00. The highest BCUT2D eigenvalue weighted by molar-refractivity contribution is 6.64. The molecule has 3 nitrogen and oxygen atoms in total. The van der Waals surface area contributed by atoms with Crippen LogP contribution in [0.15, 0.2) is 72.8 Å². The van der Waals surface area contributed by atoms with Gasteiger partial charge in [-0.3, -0.25) is 0 Å². The summed E-state index contributed by atoms with van der Waals surface area (Å²) in [4.78, 5) is 0. The molecule has 0 unspecified atom stereocenters. The maximum atomic E-state index is 6.42. The molecule has 0 saturated carbocycles. The fraction of sp³-hybridized carbons (Fsp3) is 0.217. The quantitative estimate of drug-likeness (QED) is 0.319. The van der Waals surface area contributed by atoms with Crippen LogP contribution in [0, 0.1) is 20.8 Å². The summed E-state index contributed by atoms with van der Waals surface area (Å²) in [5.41, 5.74) is 3.33. The van der Waals surface area contributed by atoms with Crippen molar-refractivity contribution < 1.29 is 13.3 Å². The Morgan fingerprint density at radius 1 is 0.643 bits per heavy atom. The van der Waals surface area contributed by atoms with Crippen molar-refractivity contribution in [2.24, 2.45) is 0 Å². The molecule has 0 aliphatic heterocycles. The summed E-state index contributed by atoms with van der Waals surface area (Å²) < 4.78 is 19.3. The normalized spacial score (nSPS) is 11.1. The SMILES string of the molecule is Cc1cccc(O[Si](CCCl)(Oc2cccc(C)c2)Oc2cccc(C)c2)c1. The number of hydrogen-bond acceptors (Lipinski definition) is 3. The smallest absolute Gasteiger partial charge is 0.483 e. The number of benzene rings is 3. The van der Waals surface area contributed by atoms with Crippen molar-refractivity contribution in [3.05, 3.63) is 89.5 Å². The van der Waals surface area contributed by atoms with Gasteiger partial charge in [-0.15, -0.1) is 11.6 Å². The highest BCUT2D eigenvalue weighted by Gasteiger charge is 2.48. The molecule has 0 heterocycles. The molecule has 0 aliphatic rings. The van der Waals surface area contributed by atoms with E-state index in [1.54, 1.807) is 0 Å². The number of hydrogen-bond donors (Lipinski definition) is 0. The molecule has 0 aliphatic carbocycles. The van der Waals surface area contributed by atoms with Crippen molar-refractivity contribution in [1.82, 2.24) is 0 Å². The van der Waals surface area contributed by atoms with Gasteiger partial charge in [0.1, 0.15) is 17.2 Å². The van der Waals surface area contributed by atoms with E-state index in [1.165, 1.54) is 0 Å². The summed E-state index contributed by atoms with van der Waals surface area (Å²) in [5.74, 6) is 2.53. The van der Waals surface area contributed by atoms with Crippen LogP contribution in [0.3, 0.4) is 0 Å². The van der Waals surface area contributed by atoms with Gasteiger partial charge in [0, 0.05) is 5.88 Å². The molecule has 0 aromatic heterocycles. The molecule has 0 spiro atoms. The number of aryl methyl sites for hydroxylation is 3. The van der Waals surface area contributed by atoms with Gasteiger partial charge < -0.3 is 13.3 Å². The summed E-state index contributed by atoms with van der Waals surface area (Å²) in [6.45, 7) is 6.08. The maximum absolute atomic E-state index is 6.42. The number of halogens is 1. The van der Waals surface area contributed by atoms with Crippen LogP contribution in [0.5, 0.6) is 17.2 Å². The van der Waals surface area contributed by atoms with Crippen molar-refractivity contribution in [1.29, 1.82) is 0 Å². The monoisotopic (exact) mass is 412 g/mol. The third-order valence-corrected chi connectivity index (χ3v) is 7.20. The predicted octanol–water partition coefficient (Wildman–Crippen LogP) is 6.33. The zero-order chi connectivity index (χ0) is 20.0. The molecule has 0 atom stereocenters. The van der Waals surface area contributed by atoms with Gasteiger partial charge in [0.05, 0.1) is 6.04 Å². The topological polar surface area (TPSA) is 27.7 Å². The van der Waals surface area contributed by atoms with Gasteiger partial charge in [-0.2, -0.15) is 0 Å². The predicted molar refractivity (Wildman–Crippen MR) is 117 cm³/mol. The van der Waals surface area contributed by atoms with E-state index in [-0.39, 0.29) is 0 Å². The second kappa shape index (κ2) is 9.17. The largest absolute Gasteiger partial charge is 0.700 e. The molecular formula is C23H25ClO3Si. The summed E-state index contributed by atoms with van der Waals surface area (Å²) in [5, 5.41) is 0. The molecule has 0 radical (unpaired) electrons. The first-order valence-electron chi connectivity index (χ1n) is 9.31. The Hall–Kier alpha value is -2.43. The Kier molecular flexibility index (Phi) is 6.65. The van der Waals surface area contributed by atoms with Gasteiger partial charge in [-0.25, -0.2) is 0 Å². The van der Waals surface area contributed by atoms with Crippen molar-refractivity contribution in [3.8, 4) is 17.2 Å². The second-order valence-corrected chi connectivity index (χ2v) is 9.73. The van der Waals surface area contributed by atoms with Gasteiger partial charge in [0.2, 0.25) is 0 Å². The highest BCUT2D eigenvalue weighted by atomic mass is 35.5. The van der Waals surface area contributed by atoms with Crippen molar-refractivity contribution >= 4 is 20.4 Å². The van der Waals surface area contributed by atoms with E-state index in [2.05, 4.69) is 0 Å². The third-order valence-electron chi connectivity index (χ3n) is 4.19. The molecule has 146 valence electrons. The Bertz CT molecular complexity index is 813. The van der Waals surface area contributed by atoms with Gasteiger partial charge in [0.25, 0.3) is 0 Å². The van der Waals surface area contributed by atoms with E-state index in [1.807, 2.05) is 93.6 Å². The summed E-state index contributed by atoms with van der Waals surface area (Å²) in [6, 6.07) is 24.1. The van der Waals surface area contributed by atoms with Crippen LogP contribution in [-0.4, -0.2) is 14.7 Å². The van der Waals surface area contributed by atoms with Crippen LogP contribution in [-0.2, 0) is 0 Å². The lowest BCUT2D eigenvalue weighted by molar-refractivity contribution is 0.262. The van der Waals surface area contributed by atoms with Gasteiger partial charge in [-0.1, -0.05) is 36.4 Å². The van der Waals surface area contributed by atoms with E-state index in [0.717, 1.165) is 33.9 Å². The minimum atomic E-state index is -3.22. The lowest BCUT2D eigenvalue weighted by atomic mass is 10.2. The first-order valence-corrected chi connectivity index (χ1v) is 11.8. The zero-order valence-corrected chi connectivity index (χ0v) is 18.2. The van der Waals surface area contributed by atoms with E-state index >= 15 is 0 Å². The Labute approximate surface area is 173 Å². The van der Waals surface area contributed by atoms with E-state index in [9.17, 15) is 0 Å². The molecule has 3 aromatic carbocycles. The van der Waals surface area contributed by atoms with Crippen LogP contribution in [0.2, 0.25) is 6.04 Å². The second-order valence-electron chi connectivity index (χ2n) is 6.88. The van der Waals surface area contributed by atoms with Crippen LogP contribution in [0.25, 0.3) is 0 Å².